The Morgan fingerprint density at radius 3 is 2.76 bits per heavy atom. The van der Waals surface area contributed by atoms with Gasteiger partial charge in [-0.2, -0.15) is 0 Å². The zero-order valence-electron chi connectivity index (χ0n) is 17.1. The molecule has 0 aliphatic heterocycles. The minimum atomic E-state index is -1.04. The largest absolute Gasteiger partial charge is 0.465 e. The molecule has 158 valence electrons. The highest BCUT2D eigenvalue weighted by Gasteiger charge is 2.20. The van der Waals surface area contributed by atoms with Gasteiger partial charge in [-0.05, 0) is 49.4 Å². The predicted octanol–water partition coefficient (Wildman–Crippen LogP) is 5.02. The molecule has 1 aromatic heterocycles. The Balaban J connectivity index is 2.07. The van der Waals surface area contributed by atoms with Crippen molar-refractivity contribution in [3.8, 4) is 0 Å². The van der Waals surface area contributed by atoms with Crippen LogP contribution in [-0.2, 0) is 25.0 Å². The first-order chi connectivity index (χ1) is 14.0. The molecule has 6 nitrogen and oxygen atoms in total. The quantitative estimate of drug-likeness (QED) is 0.285. The Bertz CT molecular complexity index is 838. The number of fused-ring (bicyclic) bond motifs is 1. The number of nitrogens with one attached hydrogen (secondary N) is 1. The maximum Gasteiger partial charge on any atom is 0.348 e. The molecule has 2 atom stereocenters. The lowest BCUT2D eigenvalue weighted by Gasteiger charge is -2.22. The van der Waals surface area contributed by atoms with Gasteiger partial charge in [0.15, 0.2) is 0 Å². The van der Waals surface area contributed by atoms with Crippen LogP contribution < -0.4 is 5.09 Å². The maximum absolute atomic E-state index is 12.1. The van der Waals surface area contributed by atoms with Gasteiger partial charge in [0.25, 0.3) is 0 Å². The molecule has 29 heavy (non-hydrogen) atoms. The molecule has 0 saturated heterocycles. The number of esters is 2. The van der Waals surface area contributed by atoms with Crippen molar-refractivity contribution in [1.82, 2.24) is 5.09 Å². The van der Waals surface area contributed by atoms with Crippen LogP contribution in [0.15, 0.2) is 36.9 Å². The Kier molecular flexibility index (Phi) is 9.74. The number of rotatable bonds is 12. The molecule has 0 amide bonds. The molecule has 0 spiro atoms. The molecular weight excluding hydrogens is 409 g/mol. The fourth-order valence-electron chi connectivity index (χ4n) is 2.54. The van der Waals surface area contributed by atoms with E-state index in [4.69, 9.17) is 14.0 Å². The Morgan fingerprint density at radius 1 is 1.28 bits per heavy atom. The van der Waals surface area contributed by atoms with Crippen molar-refractivity contribution in [3.63, 3.8) is 0 Å². The molecule has 1 heterocycles. The second-order valence-corrected chi connectivity index (χ2v) is 9.02. The summed E-state index contributed by atoms with van der Waals surface area (Å²) in [6.07, 6.45) is 2.99. The normalized spacial score (nSPS) is 13.1. The lowest BCUT2D eigenvalue weighted by atomic mass is 10.2. The third-order valence-corrected chi connectivity index (χ3v) is 6.86. The first-order valence-corrected chi connectivity index (χ1v) is 11.9. The van der Waals surface area contributed by atoms with Gasteiger partial charge in [0.05, 0.1) is 6.61 Å². The van der Waals surface area contributed by atoms with E-state index in [1.807, 2.05) is 38.1 Å². The summed E-state index contributed by atoms with van der Waals surface area (Å²) >= 11 is 1.40. The summed E-state index contributed by atoms with van der Waals surface area (Å²) in [6.45, 7) is 10.4. The second-order valence-electron chi connectivity index (χ2n) is 6.34. The summed E-state index contributed by atoms with van der Waals surface area (Å²) in [6, 6.07) is 7.48. The number of hydrogen-bond donors (Lipinski definition) is 1. The fraction of sp³-hybridized carbons (Fsp3) is 0.429. The topological polar surface area (TPSA) is 73.9 Å². The highest BCUT2D eigenvalue weighted by atomic mass is 32.1. The van der Waals surface area contributed by atoms with Crippen molar-refractivity contribution < 1.29 is 23.6 Å². The van der Waals surface area contributed by atoms with Gasteiger partial charge < -0.3 is 14.0 Å². The van der Waals surface area contributed by atoms with Crippen LogP contribution in [0.3, 0.4) is 0 Å². The van der Waals surface area contributed by atoms with Crippen LogP contribution in [0.4, 0.5) is 0 Å². The predicted molar refractivity (Wildman–Crippen MR) is 118 cm³/mol. The fourth-order valence-corrected chi connectivity index (χ4v) is 5.12. The number of carbonyl (C=O) groups is 2. The third kappa shape index (κ3) is 7.19. The van der Waals surface area contributed by atoms with E-state index in [0.29, 0.717) is 24.3 Å². The zero-order valence-corrected chi connectivity index (χ0v) is 18.8. The first-order valence-electron chi connectivity index (χ1n) is 9.62. The van der Waals surface area contributed by atoms with Crippen LogP contribution >= 0.6 is 19.6 Å². The van der Waals surface area contributed by atoms with Crippen LogP contribution in [0, 0.1) is 0 Å². The molecule has 1 aromatic carbocycles. The monoisotopic (exact) mass is 437 g/mol. The van der Waals surface area contributed by atoms with Crippen molar-refractivity contribution in [3.05, 3.63) is 47.4 Å². The summed E-state index contributed by atoms with van der Waals surface area (Å²) in [5.41, 5.74) is 1.07. The SMILES string of the molecule is C=CCOC(=O)c1cc2cc(CP(NC(C)C(=O)OCCC)OCC)ccc2s1. The summed E-state index contributed by atoms with van der Waals surface area (Å²) in [5, 5.41) is 4.24. The van der Waals surface area contributed by atoms with Crippen LogP contribution in [0.2, 0.25) is 0 Å². The van der Waals surface area contributed by atoms with E-state index in [9.17, 15) is 9.59 Å². The van der Waals surface area contributed by atoms with Gasteiger partial charge >= 0.3 is 11.9 Å². The minimum Gasteiger partial charge on any atom is -0.465 e. The Morgan fingerprint density at radius 2 is 2.07 bits per heavy atom. The molecule has 2 unspecified atom stereocenters. The molecule has 0 saturated carbocycles. The van der Waals surface area contributed by atoms with Crippen LogP contribution in [0.25, 0.3) is 10.1 Å². The van der Waals surface area contributed by atoms with E-state index in [0.717, 1.165) is 22.1 Å². The standard InChI is InChI=1S/C21H28NO5PS/c1-5-10-25-20(23)15(4)22-28(27-7-3)14-16-8-9-18-17(12-16)13-19(29-18)21(24)26-11-6-2/h6,8-9,12-13,15,22H,2,5,7,10-11,14H2,1,3-4H3. The van der Waals surface area contributed by atoms with E-state index < -0.39 is 14.3 Å². The van der Waals surface area contributed by atoms with Gasteiger partial charge in [0, 0.05) is 17.5 Å². The Labute approximate surface area is 177 Å². The van der Waals surface area contributed by atoms with E-state index in [2.05, 4.69) is 11.7 Å². The molecule has 8 heteroatoms. The number of thiophene rings is 1. The van der Waals surface area contributed by atoms with Gasteiger partial charge in [-0.1, -0.05) is 25.6 Å². The summed E-state index contributed by atoms with van der Waals surface area (Å²) in [5.74, 6) is -0.611. The zero-order chi connectivity index (χ0) is 21.2. The van der Waals surface area contributed by atoms with Gasteiger partial charge in [0.2, 0.25) is 0 Å². The van der Waals surface area contributed by atoms with Gasteiger partial charge in [-0.15, -0.1) is 11.3 Å². The molecule has 0 radical (unpaired) electrons. The van der Waals surface area contributed by atoms with E-state index in [1.165, 1.54) is 11.3 Å². The number of ether oxygens (including phenoxy) is 2. The lowest BCUT2D eigenvalue weighted by molar-refractivity contribution is -0.145. The number of hydrogen-bond acceptors (Lipinski definition) is 7. The number of benzene rings is 1. The van der Waals surface area contributed by atoms with Gasteiger partial charge in [-0.25, -0.2) is 4.79 Å². The average molecular weight is 437 g/mol. The van der Waals surface area contributed by atoms with Crippen LogP contribution in [0.5, 0.6) is 0 Å². The van der Waals surface area contributed by atoms with Crippen molar-refractivity contribution in [1.29, 1.82) is 0 Å². The molecular formula is C21H28NO5PS. The van der Waals surface area contributed by atoms with Crippen LogP contribution in [0.1, 0.15) is 42.4 Å². The smallest absolute Gasteiger partial charge is 0.348 e. The third-order valence-electron chi connectivity index (χ3n) is 3.86. The molecule has 2 aromatic rings. The molecule has 1 N–H and O–H groups in total. The van der Waals surface area contributed by atoms with E-state index in [-0.39, 0.29) is 18.5 Å². The maximum atomic E-state index is 12.1. The Hall–Kier alpha value is -1.79. The summed E-state index contributed by atoms with van der Waals surface area (Å²) in [7, 11) is -1.04. The average Bonchev–Trinajstić information content (AvgIpc) is 3.13. The van der Waals surface area contributed by atoms with E-state index >= 15 is 0 Å². The molecule has 0 aliphatic rings. The molecule has 0 aliphatic carbocycles. The molecule has 2 rings (SSSR count). The first kappa shape index (κ1) is 23.5. The van der Waals surface area contributed by atoms with Crippen molar-refractivity contribution >= 4 is 41.7 Å². The lowest BCUT2D eigenvalue weighted by Crippen LogP contribution is -2.33. The van der Waals surface area contributed by atoms with Crippen molar-refractivity contribution in [2.24, 2.45) is 0 Å². The van der Waals surface area contributed by atoms with Crippen molar-refractivity contribution in [2.45, 2.75) is 39.4 Å². The second kappa shape index (κ2) is 12.0. The number of carbonyl (C=O) groups excluding carboxylic acids is 2. The highest BCUT2D eigenvalue weighted by Crippen LogP contribution is 2.38. The van der Waals surface area contributed by atoms with Gasteiger partial charge in [-0.3, -0.25) is 9.88 Å². The van der Waals surface area contributed by atoms with Crippen molar-refractivity contribution in [2.75, 3.05) is 19.8 Å². The highest BCUT2D eigenvalue weighted by molar-refractivity contribution is 7.49. The van der Waals surface area contributed by atoms with Gasteiger partial charge in [0.1, 0.15) is 25.8 Å². The summed E-state index contributed by atoms with van der Waals surface area (Å²) < 4.78 is 17.2. The molecule has 0 fully saturated rings. The summed E-state index contributed by atoms with van der Waals surface area (Å²) in [4.78, 5) is 24.6. The van der Waals surface area contributed by atoms with E-state index in [1.54, 1.807) is 13.0 Å². The molecule has 0 bridgehead atoms. The van der Waals surface area contributed by atoms with Crippen LogP contribution in [-0.4, -0.2) is 37.8 Å². The minimum absolute atomic E-state index is 0.196.